The molecule has 1 amide bonds. The number of halogens is 2. The molecule has 2 N–H and O–H groups in total. The summed E-state index contributed by atoms with van der Waals surface area (Å²) in [7, 11) is 1.53. The van der Waals surface area contributed by atoms with Crippen molar-refractivity contribution in [3.05, 3.63) is 129 Å². The van der Waals surface area contributed by atoms with Gasteiger partial charge in [-0.15, -0.1) is 0 Å². The van der Waals surface area contributed by atoms with Gasteiger partial charge in [0, 0.05) is 22.0 Å². The SMILES string of the molecule is [C-]#[N+]C1=C(CCc2ccccc2)NC(C)=C(C(=O)Nc2ccccc2OC)C1c1ccc(F)cc1Cl. The minimum Gasteiger partial charge on any atom is -0.495 e. The molecule has 7 heteroatoms. The smallest absolute Gasteiger partial charge is 0.253 e. The summed E-state index contributed by atoms with van der Waals surface area (Å²) in [4.78, 5) is 17.5. The third kappa shape index (κ3) is 5.27. The van der Waals surface area contributed by atoms with E-state index in [1.807, 2.05) is 30.3 Å². The molecule has 4 rings (SSSR count). The van der Waals surface area contributed by atoms with Gasteiger partial charge in [-0.3, -0.25) is 4.79 Å². The van der Waals surface area contributed by atoms with Gasteiger partial charge in [-0.2, -0.15) is 0 Å². The van der Waals surface area contributed by atoms with Gasteiger partial charge >= 0.3 is 0 Å². The summed E-state index contributed by atoms with van der Waals surface area (Å²) in [5.74, 6) is -1.15. The molecule has 0 bridgehead atoms. The third-order valence-corrected chi connectivity index (χ3v) is 6.44. The van der Waals surface area contributed by atoms with Crippen molar-refractivity contribution in [2.75, 3.05) is 12.4 Å². The Bertz CT molecular complexity index is 1390. The Morgan fingerprint density at radius 3 is 2.53 bits per heavy atom. The minimum atomic E-state index is -0.766. The topological polar surface area (TPSA) is 54.7 Å². The fraction of sp³-hybridized carbons (Fsp3) is 0.172. The number of ether oxygens (including phenoxy) is 1. The van der Waals surface area contributed by atoms with Crippen molar-refractivity contribution in [1.29, 1.82) is 0 Å². The summed E-state index contributed by atoms with van der Waals surface area (Å²) in [6.07, 6.45) is 1.28. The molecule has 36 heavy (non-hydrogen) atoms. The first-order valence-corrected chi connectivity index (χ1v) is 11.8. The lowest BCUT2D eigenvalue weighted by molar-refractivity contribution is -0.113. The number of hydrogen-bond donors (Lipinski definition) is 2. The molecular formula is C29H25ClFN3O2. The molecule has 5 nitrogen and oxygen atoms in total. The third-order valence-electron chi connectivity index (χ3n) is 6.11. The maximum atomic E-state index is 13.9. The highest BCUT2D eigenvalue weighted by Gasteiger charge is 2.36. The Hall–Kier alpha value is -4.08. The number of para-hydroxylation sites is 2. The molecule has 3 aromatic rings. The first-order valence-electron chi connectivity index (χ1n) is 11.4. The van der Waals surface area contributed by atoms with Gasteiger partial charge in [-0.25, -0.2) is 9.24 Å². The Labute approximate surface area is 215 Å². The normalized spacial score (nSPS) is 15.2. The molecule has 0 spiro atoms. The molecule has 0 saturated carbocycles. The van der Waals surface area contributed by atoms with Crippen molar-refractivity contribution >= 4 is 23.2 Å². The highest BCUT2D eigenvalue weighted by molar-refractivity contribution is 6.31. The Morgan fingerprint density at radius 2 is 1.83 bits per heavy atom. The van der Waals surface area contributed by atoms with Gasteiger partial charge in [0.1, 0.15) is 11.6 Å². The molecule has 1 aliphatic heterocycles. The van der Waals surface area contributed by atoms with Crippen molar-refractivity contribution in [2.24, 2.45) is 0 Å². The van der Waals surface area contributed by atoms with E-state index in [2.05, 4.69) is 15.5 Å². The maximum Gasteiger partial charge on any atom is 0.253 e. The van der Waals surface area contributed by atoms with E-state index in [9.17, 15) is 9.18 Å². The molecule has 0 radical (unpaired) electrons. The zero-order valence-corrected chi connectivity index (χ0v) is 20.7. The molecule has 182 valence electrons. The van der Waals surface area contributed by atoms with Gasteiger partial charge in [0.15, 0.2) is 5.70 Å². The summed E-state index contributed by atoms with van der Waals surface area (Å²) < 4.78 is 19.3. The summed E-state index contributed by atoms with van der Waals surface area (Å²) >= 11 is 6.47. The number of carbonyl (C=O) groups is 1. The zero-order chi connectivity index (χ0) is 25.7. The van der Waals surface area contributed by atoms with Gasteiger partial charge < -0.3 is 15.4 Å². The number of nitrogens with one attached hydrogen (secondary N) is 2. The number of hydrogen-bond acceptors (Lipinski definition) is 3. The molecule has 1 unspecified atom stereocenters. The molecule has 1 aliphatic rings. The van der Waals surface area contributed by atoms with E-state index in [1.165, 1.54) is 25.3 Å². The van der Waals surface area contributed by atoms with E-state index < -0.39 is 17.6 Å². The molecule has 0 aliphatic carbocycles. The lowest BCUT2D eigenvalue weighted by Crippen LogP contribution is -2.31. The molecule has 1 atom stereocenters. The predicted molar refractivity (Wildman–Crippen MR) is 140 cm³/mol. The largest absolute Gasteiger partial charge is 0.495 e. The van der Waals surface area contributed by atoms with E-state index in [1.54, 1.807) is 31.2 Å². The number of methoxy groups -OCH3 is 1. The highest BCUT2D eigenvalue weighted by Crippen LogP contribution is 2.43. The minimum absolute atomic E-state index is 0.154. The van der Waals surface area contributed by atoms with Crippen LogP contribution in [0.1, 0.15) is 30.4 Å². The van der Waals surface area contributed by atoms with Crippen molar-refractivity contribution in [3.8, 4) is 5.75 Å². The fourth-order valence-corrected chi connectivity index (χ4v) is 4.68. The summed E-state index contributed by atoms with van der Waals surface area (Å²) in [6, 6.07) is 21.1. The maximum absolute atomic E-state index is 13.9. The van der Waals surface area contributed by atoms with Crippen LogP contribution in [0, 0.1) is 12.4 Å². The van der Waals surface area contributed by atoms with E-state index in [-0.39, 0.29) is 5.02 Å². The van der Waals surface area contributed by atoms with Crippen LogP contribution in [0.3, 0.4) is 0 Å². The first kappa shape index (κ1) is 25.0. The quantitative estimate of drug-likeness (QED) is 0.348. The Balaban J connectivity index is 1.77. The van der Waals surface area contributed by atoms with Gasteiger partial charge in [-0.1, -0.05) is 60.1 Å². The number of nitrogens with zero attached hydrogens (tertiary/aromatic N) is 1. The molecule has 0 saturated heterocycles. The highest BCUT2D eigenvalue weighted by atomic mass is 35.5. The predicted octanol–water partition coefficient (Wildman–Crippen LogP) is 6.85. The van der Waals surface area contributed by atoms with E-state index >= 15 is 0 Å². The number of amides is 1. The number of benzene rings is 3. The number of carbonyl (C=O) groups excluding carboxylic acids is 1. The standard InChI is InChI=1S/C29H25ClFN3O2/c1-18-26(29(35)34-23-11-7-8-12-25(23)36-3)27(21-15-14-20(31)17-22(21)30)28(32-2)24(33-18)16-13-19-9-5-4-6-10-19/h4-12,14-15,17,27,33H,13,16H2,1,3H3,(H,34,35). The van der Waals surface area contributed by atoms with Crippen LogP contribution >= 0.6 is 11.6 Å². The summed E-state index contributed by atoms with van der Waals surface area (Å²) in [5.41, 5.74) is 4.13. The second kappa shape index (κ2) is 11.1. The van der Waals surface area contributed by atoms with Crippen molar-refractivity contribution < 1.29 is 13.9 Å². The summed E-state index contributed by atoms with van der Waals surface area (Å²) in [5, 5.41) is 6.36. The summed E-state index contributed by atoms with van der Waals surface area (Å²) in [6.45, 7) is 9.82. The molecule has 0 aromatic heterocycles. The average Bonchev–Trinajstić information content (AvgIpc) is 2.88. The fourth-order valence-electron chi connectivity index (χ4n) is 4.40. The Morgan fingerprint density at radius 1 is 1.11 bits per heavy atom. The number of dihydropyridines is 1. The van der Waals surface area contributed by atoms with Crippen LogP contribution < -0.4 is 15.4 Å². The lowest BCUT2D eigenvalue weighted by Gasteiger charge is -2.31. The van der Waals surface area contributed by atoms with Crippen molar-refractivity contribution in [3.63, 3.8) is 0 Å². The first-order chi connectivity index (χ1) is 17.4. The zero-order valence-electron chi connectivity index (χ0n) is 19.9. The van der Waals surface area contributed by atoms with Gasteiger partial charge in [-0.05, 0) is 55.2 Å². The van der Waals surface area contributed by atoms with Crippen LogP contribution in [0.5, 0.6) is 5.75 Å². The lowest BCUT2D eigenvalue weighted by atomic mass is 9.82. The van der Waals surface area contributed by atoms with Crippen LogP contribution in [0.4, 0.5) is 10.1 Å². The molecule has 1 heterocycles. The average molecular weight is 502 g/mol. The van der Waals surface area contributed by atoms with E-state index in [0.717, 1.165) is 5.56 Å². The molecule has 0 fully saturated rings. The Kier molecular flexibility index (Phi) is 7.72. The van der Waals surface area contributed by atoms with Crippen LogP contribution in [0.2, 0.25) is 5.02 Å². The number of rotatable bonds is 7. The van der Waals surface area contributed by atoms with E-state index in [0.29, 0.717) is 52.5 Å². The molecule has 3 aromatic carbocycles. The number of aryl methyl sites for hydroxylation is 1. The van der Waals surface area contributed by atoms with Crippen LogP contribution in [0.15, 0.2) is 95.5 Å². The van der Waals surface area contributed by atoms with Gasteiger partial charge in [0.25, 0.3) is 5.91 Å². The van der Waals surface area contributed by atoms with Gasteiger partial charge in [0.05, 0.1) is 25.3 Å². The van der Waals surface area contributed by atoms with Crippen LogP contribution in [-0.2, 0) is 11.2 Å². The van der Waals surface area contributed by atoms with Crippen molar-refractivity contribution in [2.45, 2.75) is 25.7 Å². The van der Waals surface area contributed by atoms with E-state index in [4.69, 9.17) is 22.9 Å². The monoisotopic (exact) mass is 501 g/mol. The van der Waals surface area contributed by atoms with Crippen LogP contribution in [0.25, 0.3) is 4.85 Å². The van der Waals surface area contributed by atoms with Crippen molar-refractivity contribution in [1.82, 2.24) is 5.32 Å². The van der Waals surface area contributed by atoms with Crippen LogP contribution in [-0.4, -0.2) is 13.0 Å². The second-order valence-electron chi connectivity index (χ2n) is 8.38. The molecular weight excluding hydrogens is 477 g/mol. The van der Waals surface area contributed by atoms with Gasteiger partial charge in [0.2, 0.25) is 0 Å². The second-order valence-corrected chi connectivity index (χ2v) is 8.79. The number of anilines is 1. The number of allylic oxidation sites excluding steroid dienone is 3.